The molecule has 0 aromatic heterocycles. The summed E-state index contributed by atoms with van der Waals surface area (Å²) in [6.45, 7) is 13.6. The van der Waals surface area contributed by atoms with Crippen LogP contribution >= 0.6 is 35.3 Å². The van der Waals surface area contributed by atoms with E-state index in [4.69, 9.17) is 42.6 Å². The highest BCUT2D eigenvalue weighted by Crippen LogP contribution is 2.23. The Balaban J connectivity index is 5.73. The molecule has 0 fully saturated rings. The molecule has 0 spiro atoms. The molecule has 4 atom stereocenters. The molecule has 0 aromatic carbocycles. The van der Waals surface area contributed by atoms with Gasteiger partial charge in [0.2, 0.25) is 0 Å². The molecule has 0 aliphatic rings. The maximum atomic E-state index is 12.9. The van der Waals surface area contributed by atoms with Gasteiger partial charge in [0.1, 0.15) is 37.9 Å². The summed E-state index contributed by atoms with van der Waals surface area (Å²) in [5.74, 6) is -0.803. The molecule has 0 radical (unpaired) electrons. The van der Waals surface area contributed by atoms with Crippen molar-refractivity contribution in [2.75, 3.05) is 127 Å². The zero-order chi connectivity index (χ0) is 45.4. The number of carbonyl (C=O) groups is 4. The molecule has 0 aliphatic heterocycles. The number of ether oxygens (including phenoxy) is 9. The van der Waals surface area contributed by atoms with Crippen molar-refractivity contribution in [3.63, 3.8) is 0 Å². The Hall–Kier alpha value is -2.47. The predicted molar refractivity (Wildman–Crippen MR) is 236 cm³/mol. The third-order valence-electron chi connectivity index (χ3n) is 7.38. The van der Waals surface area contributed by atoms with Crippen molar-refractivity contribution < 1.29 is 82.2 Å². The number of hydrogen-bond acceptors (Lipinski definition) is 20. The van der Waals surface area contributed by atoms with Gasteiger partial charge >= 0.3 is 23.9 Å². The molecule has 0 saturated heterocycles. The molecular formula is C41H68O17S3. The summed E-state index contributed by atoms with van der Waals surface area (Å²) in [7, 11) is 0. The highest BCUT2D eigenvalue weighted by atomic mass is 32.2. The highest BCUT2D eigenvalue weighted by Gasteiger charge is 2.38. The van der Waals surface area contributed by atoms with Gasteiger partial charge in [-0.25, -0.2) is 0 Å². The van der Waals surface area contributed by atoms with Crippen LogP contribution in [0.2, 0.25) is 0 Å². The van der Waals surface area contributed by atoms with E-state index in [1.54, 1.807) is 18.2 Å². The maximum absolute atomic E-state index is 12.9. The van der Waals surface area contributed by atoms with E-state index < -0.39 is 80.1 Å². The molecule has 0 rings (SSSR count). The first-order chi connectivity index (χ1) is 29.4. The fourth-order valence-electron chi connectivity index (χ4n) is 4.31. The molecule has 0 aromatic rings. The second kappa shape index (κ2) is 40.3. The Morgan fingerprint density at radius 3 is 1.03 bits per heavy atom. The normalized spacial score (nSPS) is 14.1. The van der Waals surface area contributed by atoms with Gasteiger partial charge in [-0.3, -0.25) is 19.2 Å². The van der Waals surface area contributed by atoms with E-state index in [1.165, 1.54) is 41.4 Å². The fraction of sp³-hybridized carbons (Fsp3) is 0.707. The summed E-state index contributed by atoms with van der Waals surface area (Å²) in [5.41, 5.74) is -1.53. The van der Waals surface area contributed by atoms with E-state index in [1.807, 2.05) is 0 Å². The maximum Gasteiger partial charge on any atom is 0.308 e. The third-order valence-corrected chi connectivity index (χ3v) is 10.7. The second-order valence-corrected chi connectivity index (χ2v) is 16.8. The second-order valence-electron chi connectivity index (χ2n) is 13.4. The Morgan fingerprint density at radius 1 is 0.443 bits per heavy atom. The SMILES string of the molecule is C=CCOCC(O)COCCC(=O)OCC(COC(=O)CCSCC(O)COCC=C)(COC(=O)CCSCC(O)COCC=C)COC(=O)CCSCC(O)COCC=C. The molecule has 0 saturated carbocycles. The van der Waals surface area contributed by atoms with Crippen molar-refractivity contribution in [3.8, 4) is 0 Å². The summed E-state index contributed by atoms with van der Waals surface area (Å²) < 4.78 is 48.6. The first-order valence-electron chi connectivity index (χ1n) is 19.8. The first kappa shape index (κ1) is 58.5. The summed E-state index contributed by atoms with van der Waals surface area (Å²) in [6.07, 6.45) is 2.68. The van der Waals surface area contributed by atoms with Gasteiger partial charge in [0, 0.05) is 34.5 Å². The number of aliphatic hydroxyl groups excluding tert-OH is 4. The molecule has 0 aliphatic carbocycles. The highest BCUT2D eigenvalue weighted by molar-refractivity contribution is 7.99. The Bertz CT molecular complexity index is 1030. The summed E-state index contributed by atoms with van der Waals surface area (Å²) in [6, 6.07) is 0. The van der Waals surface area contributed by atoms with Crippen LogP contribution in [0.4, 0.5) is 0 Å². The third kappa shape index (κ3) is 36.7. The molecule has 4 N–H and O–H groups in total. The van der Waals surface area contributed by atoms with Gasteiger partial charge in [-0.05, 0) is 0 Å². The van der Waals surface area contributed by atoms with Crippen molar-refractivity contribution in [3.05, 3.63) is 50.6 Å². The summed E-state index contributed by atoms with van der Waals surface area (Å²) >= 11 is 3.93. The van der Waals surface area contributed by atoms with Crippen LogP contribution in [0.1, 0.15) is 25.7 Å². The zero-order valence-electron chi connectivity index (χ0n) is 35.2. The lowest BCUT2D eigenvalue weighted by atomic mass is 9.92. The number of esters is 4. The van der Waals surface area contributed by atoms with Gasteiger partial charge in [0.25, 0.3) is 0 Å². The molecule has 0 bridgehead atoms. The lowest BCUT2D eigenvalue weighted by Gasteiger charge is -2.31. The summed E-state index contributed by atoms with van der Waals surface area (Å²) in [5, 5.41) is 40.2. The number of thioether (sulfide) groups is 3. The first-order valence-corrected chi connectivity index (χ1v) is 23.3. The smallest absolute Gasteiger partial charge is 0.308 e. The van der Waals surface area contributed by atoms with E-state index in [0.29, 0.717) is 54.3 Å². The van der Waals surface area contributed by atoms with Crippen LogP contribution in [0, 0.1) is 5.41 Å². The van der Waals surface area contributed by atoms with Crippen LogP contribution in [-0.4, -0.2) is 196 Å². The van der Waals surface area contributed by atoms with Crippen LogP contribution in [0.5, 0.6) is 0 Å². The van der Waals surface area contributed by atoms with E-state index in [-0.39, 0.29) is 71.9 Å². The van der Waals surface area contributed by atoms with Gasteiger partial charge in [0.15, 0.2) is 0 Å². The van der Waals surface area contributed by atoms with E-state index in [0.717, 1.165) is 0 Å². The average Bonchev–Trinajstić information content (AvgIpc) is 3.24. The van der Waals surface area contributed by atoms with Gasteiger partial charge in [0.05, 0.1) is 110 Å². The minimum atomic E-state index is -1.53. The van der Waals surface area contributed by atoms with Crippen LogP contribution in [-0.2, 0) is 61.8 Å². The molecule has 4 unspecified atom stereocenters. The molecule has 17 nitrogen and oxygen atoms in total. The molecule has 0 heterocycles. The van der Waals surface area contributed by atoms with Crippen LogP contribution in [0.3, 0.4) is 0 Å². The number of hydrogen-bond donors (Lipinski definition) is 4. The lowest BCUT2D eigenvalue weighted by Crippen LogP contribution is -2.44. The van der Waals surface area contributed by atoms with Crippen molar-refractivity contribution in [2.24, 2.45) is 5.41 Å². The van der Waals surface area contributed by atoms with Crippen molar-refractivity contribution in [1.82, 2.24) is 0 Å². The Morgan fingerprint density at radius 2 is 0.721 bits per heavy atom. The molecule has 352 valence electrons. The molecular weight excluding hydrogens is 861 g/mol. The van der Waals surface area contributed by atoms with Crippen molar-refractivity contribution >= 4 is 59.2 Å². The van der Waals surface area contributed by atoms with Crippen LogP contribution in [0.15, 0.2) is 50.6 Å². The van der Waals surface area contributed by atoms with Crippen LogP contribution < -0.4 is 0 Å². The molecule has 61 heavy (non-hydrogen) atoms. The van der Waals surface area contributed by atoms with E-state index in [9.17, 15) is 39.6 Å². The van der Waals surface area contributed by atoms with E-state index >= 15 is 0 Å². The van der Waals surface area contributed by atoms with E-state index in [2.05, 4.69) is 26.3 Å². The zero-order valence-corrected chi connectivity index (χ0v) is 37.7. The minimum Gasteiger partial charge on any atom is -0.465 e. The lowest BCUT2D eigenvalue weighted by molar-refractivity contribution is -0.170. The number of rotatable bonds is 44. The average molecular weight is 929 g/mol. The minimum absolute atomic E-state index is 0.0122. The Kier molecular flexibility index (Phi) is 38.7. The topological polar surface area (TPSA) is 232 Å². The Labute approximate surface area is 373 Å². The van der Waals surface area contributed by atoms with Crippen LogP contribution in [0.25, 0.3) is 0 Å². The number of aliphatic hydroxyl groups is 4. The molecule has 0 amide bonds. The van der Waals surface area contributed by atoms with Gasteiger partial charge < -0.3 is 63.1 Å². The standard InChI is InChI=1S/C41H68O17S3/c1-5-13-50-21-33(42)22-54-17-9-37(46)55-29-41(30-56-38(47)10-18-59-26-34(43)23-51-14-6-2,31-57-39(48)11-19-60-27-35(44)24-52-15-7-3)32-58-40(49)12-20-61-28-36(45)25-53-16-8-4/h5-8,33-36,42-45H,1-4,9-32H2. The van der Waals surface area contributed by atoms with Gasteiger partial charge in [-0.1, -0.05) is 24.3 Å². The largest absolute Gasteiger partial charge is 0.465 e. The van der Waals surface area contributed by atoms with Crippen molar-refractivity contribution in [2.45, 2.75) is 50.1 Å². The number of carbonyl (C=O) groups excluding carboxylic acids is 4. The fourth-order valence-corrected chi connectivity index (χ4v) is 6.85. The van der Waals surface area contributed by atoms with Gasteiger partial charge in [-0.2, -0.15) is 35.3 Å². The monoisotopic (exact) mass is 928 g/mol. The predicted octanol–water partition coefficient (Wildman–Crippen LogP) is 2.18. The summed E-state index contributed by atoms with van der Waals surface area (Å²) in [4.78, 5) is 51.6. The quantitative estimate of drug-likeness (QED) is 0.0297. The van der Waals surface area contributed by atoms with Crippen molar-refractivity contribution in [1.29, 1.82) is 0 Å². The van der Waals surface area contributed by atoms with Gasteiger partial charge in [-0.15, -0.1) is 26.3 Å². The molecule has 20 heteroatoms.